The van der Waals surface area contributed by atoms with E-state index in [1.54, 1.807) is 37.6 Å². The van der Waals surface area contributed by atoms with Crippen LogP contribution in [-0.2, 0) is 4.79 Å². The molecule has 7 heteroatoms. The fourth-order valence-corrected chi connectivity index (χ4v) is 3.44. The Bertz CT molecular complexity index is 965. The summed E-state index contributed by atoms with van der Waals surface area (Å²) in [4.78, 5) is 28.3. The van der Waals surface area contributed by atoms with E-state index in [9.17, 15) is 9.59 Å². The number of methoxy groups -OCH3 is 1. The zero-order chi connectivity index (χ0) is 20.1. The minimum atomic E-state index is -0.355. The lowest BCUT2D eigenvalue weighted by molar-refractivity contribution is -0.115. The van der Waals surface area contributed by atoms with Crippen molar-refractivity contribution in [2.45, 2.75) is 24.3 Å². The van der Waals surface area contributed by atoms with E-state index < -0.39 is 0 Å². The van der Waals surface area contributed by atoms with Gasteiger partial charge in [-0.05, 0) is 62.4 Å². The summed E-state index contributed by atoms with van der Waals surface area (Å²) in [6.07, 6.45) is 3.56. The van der Waals surface area contributed by atoms with Crippen LogP contribution in [0.2, 0.25) is 0 Å². The predicted molar refractivity (Wildman–Crippen MR) is 111 cm³/mol. The molecular weight excluding hydrogens is 374 g/mol. The number of carbonyl (C=O) groups is 2. The molecule has 0 unspecified atom stereocenters. The van der Waals surface area contributed by atoms with Crippen LogP contribution in [0.4, 0.5) is 5.69 Å². The lowest BCUT2D eigenvalue weighted by atomic mass is 10.1. The van der Waals surface area contributed by atoms with Gasteiger partial charge in [0.25, 0.3) is 0 Å². The van der Waals surface area contributed by atoms with Crippen LogP contribution in [0.3, 0.4) is 0 Å². The molecule has 0 aliphatic heterocycles. The third-order valence-corrected chi connectivity index (χ3v) is 5.25. The molecule has 28 heavy (non-hydrogen) atoms. The van der Waals surface area contributed by atoms with Crippen molar-refractivity contribution in [3.63, 3.8) is 0 Å². The number of ether oxygens (including phenoxy) is 1. The third kappa shape index (κ3) is 4.61. The van der Waals surface area contributed by atoms with Crippen molar-refractivity contribution < 1.29 is 14.3 Å². The summed E-state index contributed by atoms with van der Waals surface area (Å²) in [5.74, 6) is 0.638. The first-order chi connectivity index (χ1) is 13.5. The minimum Gasteiger partial charge on any atom is -0.497 e. The summed E-state index contributed by atoms with van der Waals surface area (Å²) in [6.45, 7) is 3.34. The fraction of sp³-hybridized carbons (Fsp3) is 0.190. The van der Waals surface area contributed by atoms with Gasteiger partial charge in [-0.2, -0.15) is 0 Å². The highest BCUT2D eigenvalue weighted by atomic mass is 32.2. The average molecular weight is 395 g/mol. The van der Waals surface area contributed by atoms with Crippen LogP contribution in [0.5, 0.6) is 5.75 Å². The van der Waals surface area contributed by atoms with Crippen molar-refractivity contribution in [1.82, 2.24) is 9.55 Å². The van der Waals surface area contributed by atoms with Crippen molar-refractivity contribution in [2.75, 3.05) is 12.4 Å². The lowest BCUT2D eigenvalue weighted by Gasteiger charge is -2.13. The number of rotatable bonds is 7. The number of nitrogens with zero attached hydrogens (tertiary/aromatic N) is 2. The zero-order valence-electron chi connectivity index (χ0n) is 15.9. The van der Waals surface area contributed by atoms with Crippen LogP contribution in [-0.4, -0.2) is 33.6 Å². The molecule has 0 saturated heterocycles. The Morgan fingerprint density at radius 3 is 2.39 bits per heavy atom. The largest absolute Gasteiger partial charge is 0.497 e. The number of nitrogens with one attached hydrogen (secondary N) is 1. The van der Waals surface area contributed by atoms with Crippen molar-refractivity contribution in [3.8, 4) is 11.4 Å². The van der Waals surface area contributed by atoms with Gasteiger partial charge in [0.2, 0.25) is 5.91 Å². The number of carbonyl (C=O) groups excluding carboxylic acids is 2. The van der Waals surface area contributed by atoms with Gasteiger partial charge in [-0.1, -0.05) is 11.8 Å². The summed E-state index contributed by atoms with van der Waals surface area (Å²) in [5, 5.41) is 3.24. The van der Waals surface area contributed by atoms with E-state index in [-0.39, 0.29) is 16.9 Å². The second-order valence-corrected chi connectivity index (χ2v) is 7.47. The van der Waals surface area contributed by atoms with Crippen molar-refractivity contribution in [1.29, 1.82) is 0 Å². The highest BCUT2D eigenvalue weighted by Crippen LogP contribution is 2.26. The van der Waals surface area contributed by atoms with E-state index in [0.29, 0.717) is 11.3 Å². The maximum atomic E-state index is 12.5. The Morgan fingerprint density at radius 2 is 1.79 bits per heavy atom. The molecule has 2 aromatic carbocycles. The number of hydrogen-bond acceptors (Lipinski definition) is 5. The van der Waals surface area contributed by atoms with E-state index >= 15 is 0 Å². The molecule has 3 rings (SSSR count). The molecule has 6 nitrogen and oxygen atoms in total. The molecule has 1 heterocycles. The first-order valence-corrected chi connectivity index (χ1v) is 9.62. The Kier molecular flexibility index (Phi) is 6.16. The van der Waals surface area contributed by atoms with Gasteiger partial charge in [0.1, 0.15) is 5.75 Å². The Balaban J connectivity index is 1.67. The zero-order valence-corrected chi connectivity index (χ0v) is 16.7. The summed E-state index contributed by atoms with van der Waals surface area (Å²) in [6, 6.07) is 14.5. The summed E-state index contributed by atoms with van der Waals surface area (Å²) in [5.41, 5.74) is 2.20. The summed E-state index contributed by atoms with van der Waals surface area (Å²) >= 11 is 1.37. The van der Waals surface area contributed by atoms with Crippen molar-refractivity contribution >= 4 is 29.1 Å². The fourth-order valence-electron chi connectivity index (χ4n) is 2.56. The van der Waals surface area contributed by atoms with Crippen molar-refractivity contribution in [2.24, 2.45) is 0 Å². The Hall–Kier alpha value is -3.06. The number of anilines is 1. The number of thioether (sulfide) groups is 1. The van der Waals surface area contributed by atoms with Crippen LogP contribution in [0.25, 0.3) is 5.69 Å². The molecule has 0 aliphatic rings. The van der Waals surface area contributed by atoms with Gasteiger partial charge in [-0.3, -0.25) is 14.2 Å². The van der Waals surface area contributed by atoms with Crippen LogP contribution in [0.1, 0.15) is 24.2 Å². The molecule has 1 atom stereocenters. The number of aromatic nitrogens is 2. The van der Waals surface area contributed by atoms with Crippen LogP contribution in [0.15, 0.2) is 66.1 Å². The van der Waals surface area contributed by atoms with E-state index in [2.05, 4.69) is 10.3 Å². The summed E-state index contributed by atoms with van der Waals surface area (Å²) in [7, 11) is 1.63. The molecule has 1 aromatic heterocycles. The quantitative estimate of drug-likeness (QED) is 0.479. The Labute approximate surface area is 167 Å². The van der Waals surface area contributed by atoms with Crippen LogP contribution < -0.4 is 10.1 Å². The molecule has 0 bridgehead atoms. The van der Waals surface area contributed by atoms with E-state index in [0.717, 1.165) is 16.6 Å². The SMILES string of the molecule is COc1ccc(-n2ccnc2S[C@H](C)C(=O)Nc2ccc(C(C)=O)cc2)cc1. The molecule has 0 spiro atoms. The number of hydrogen-bond donors (Lipinski definition) is 1. The Morgan fingerprint density at radius 1 is 1.11 bits per heavy atom. The van der Waals surface area contributed by atoms with Gasteiger partial charge in [-0.15, -0.1) is 0 Å². The van der Waals surface area contributed by atoms with Crippen LogP contribution >= 0.6 is 11.8 Å². The number of Topliss-reactive ketones (excluding diaryl/α,β-unsaturated/α-hetero) is 1. The van der Waals surface area contributed by atoms with Gasteiger partial charge in [-0.25, -0.2) is 4.98 Å². The minimum absolute atomic E-state index is 0.00725. The van der Waals surface area contributed by atoms with Crippen molar-refractivity contribution in [3.05, 3.63) is 66.5 Å². The van der Waals surface area contributed by atoms with Gasteiger partial charge in [0, 0.05) is 29.3 Å². The van der Waals surface area contributed by atoms with Gasteiger partial charge in [0.05, 0.1) is 12.4 Å². The van der Waals surface area contributed by atoms with E-state index in [1.165, 1.54) is 18.7 Å². The standard InChI is InChI=1S/C21H21N3O3S/c1-14(25)16-4-6-17(7-5-16)23-20(26)15(2)28-21-22-12-13-24(21)18-8-10-19(27-3)11-9-18/h4-13,15H,1-3H3,(H,23,26)/t15-/m1/s1. The van der Waals surface area contributed by atoms with Gasteiger partial charge in [0.15, 0.2) is 10.9 Å². The van der Waals surface area contributed by atoms with Crippen LogP contribution in [0, 0.1) is 0 Å². The second kappa shape index (κ2) is 8.75. The van der Waals surface area contributed by atoms with Gasteiger partial charge < -0.3 is 10.1 Å². The number of amides is 1. The molecule has 144 valence electrons. The predicted octanol–water partition coefficient (Wildman–Crippen LogP) is 4.20. The maximum Gasteiger partial charge on any atom is 0.237 e. The first-order valence-electron chi connectivity index (χ1n) is 8.74. The molecule has 0 fully saturated rings. The van der Waals surface area contributed by atoms with E-state index in [4.69, 9.17) is 4.74 Å². The molecule has 3 aromatic rings. The lowest BCUT2D eigenvalue weighted by Crippen LogP contribution is -2.22. The van der Waals surface area contributed by atoms with Gasteiger partial charge >= 0.3 is 0 Å². The number of benzene rings is 2. The molecular formula is C21H21N3O3S. The molecule has 0 aliphatic carbocycles. The summed E-state index contributed by atoms with van der Waals surface area (Å²) < 4.78 is 7.11. The average Bonchev–Trinajstić information content (AvgIpc) is 3.16. The molecule has 0 saturated carbocycles. The number of imidazole rings is 1. The first kappa shape index (κ1) is 19.7. The molecule has 1 N–H and O–H groups in total. The van der Waals surface area contributed by atoms with E-state index in [1.807, 2.05) is 42.0 Å². The highest BCUT2D eigenvalue weighted by molar-refractivity contribution is 8.00. The maximum absolute atomic E-state index is 12.5. The smallest absolute Gasteiger partial charge is 0.237 e. The topological polar surface area (TPSA) is 73.2 Å². The highest BCUT2D eigenvalue weighted by Gasteiger charge is 2.18. The number of ketones is 1. The third-order valence-electron chi connectivity index (χ3n) is 4.17. The normalized spacial score (nSPS) is 11.7. The molecule has 1 amide bonds. The second-order valence-electron chi connectivity index (χ2n) is 6.16. The monoisotopic (exact) mass is 395 g/mol. The molecule has 0 radical (unpaired) electrons.